The molecule has 1 aromatic heterocycles. The van der Waals surface area contributed by atoms with Crippen LogP contribution in [0.1, 0.15) is 17.2 Å². The van der Waals surface area contributed by atoms with Crippen molar-refractivity contribution in [3.8, 4) is 0 Å². The van der Waals surface area contributed by atoms with Crippen molar-refractivity contribution in [1.29, 1.82) is 0 Å². The highest BCUT2D eigenvalue weighted by Gasteiger charge is 2.32. The van der Waals surface area contributed by atoms with E-state index in [1.165, 1.54) is 0 Å². The van der Waals surface area contributed by atoms with Gasteiger partial charge in [-0.25, -0.2) is 4.98 Å². The molecule has 1 aromatic rings. The van der Waals surface area contributed by atoms with Gasteiger partial charge in [0.2, 0.25) is 0 Å². The molecule has 0 unspecified atom stereocenters. The lowest BCUT2D eigenvalue weighted by Gasteiger charge is -2.12. The molecule has 84 valence electrons. The molecular weight excluding hydrogens is 233 g/mol. The summed E-state index contributed by atoms with van der Waals surface area (Å²) in [6, 6.07) is 0.743. The van der Waals surface area contributed by atoms with Gasteiger partial charge in [-0.15, -0.1) is 0 Å². The van der Waals surface area contributed by atoms with Crippen molar-refractivity contribution in [1.82, 2.24) is 4.98 Å². The quantitative estimate of drug-likeness (QED) is 0.775. The molecule has 15 heavy (non-hydrogen) atoms. The number of hydrogen-bond donors (Lipinski definition) is 2. The van der Waals surface area contributed by atoms with E-state index in [4.69, 9.17) is 17.3 Å². The minimum absolute atomic E-state index is 0.117. The summed E-state index contributed by atoms with van der Waals surface area (Å²) >= 11 is 5.53. The highest BCUT2D eigenvalue weighted by Crippen LogP contribution is 2.32. The van der Waals surface area contributed by atoms with Gasteiger partial charge in [-0.05, 0) is 6.07 Å². The SMILES string of the molecule is NC[C@H](O)c1cc(C(F)(F)F)cnc1Cl. The summed E-state index contributed by atoms with van der Waals surface area (Å²) in [7, 11) is 0. The van der Waals surface area contributed by atoms with Gasteiger partial charge in [-0.3, -0.25) is 0 Å². The van der Waals surface area contributed by atoms with Gasteiger partial charge < -0.3 is 10.8 Å². The average molecular weight is 241 g/mol. The zero-order valence-electron chi connectivity index (χ0n) is 7.42. The van der Waals surface area contributed by atoms with Crippen LogP contribution in [0.3, 0.4) is 0 Å². The van der Waals surface area contributed by atoms with Crippen LogP contribution in [-0.4, -0.2) is 16.6 Å². The number of aromatic nitrogens is 1. The second kappa shape index (κ2) is 4.34. The van der Waals surface area contributed by atoms with E-state index < -0.39 is 17.8 Å². The van der Waals surface area contributed by atoms with Crippen LogP contribution in [0.5, 0.6) is 0 Å². The summed E-state index contributed by atoms with van der Waals surface area (Å²) in [5.41, 5.74) is 4.03. The minimum atomic E-state index is -4.51. The Morgan fingerprint density at radius 3 is 2.60 bits per heavy atom. The van der Waals surface area contributed by atoms with E-state index in [-0.39, 0.29) is 17.3 Å². The summed E-state index contributed by atoms with van der Waals surface area (Å²) < 4.78 is 36.8. The number of aliphatic hydroxyl groups excluding tert-OH is 1. The molecule has 0 aliphatic rings. The smallest absolute Gasteiger partial charge is 0.387 e. The molecule has 0 fully saturated rings. The summed E-state index contributed by atoms with van der Waals surface area (Å²) in [4.78, 5) is 3.34. The normalized spacial score (nSPS) is 14.0. The molecule has 0 aromatic carbocycles. The van der Waals surface area contributed by atoms with Gasteiger partial charge in [0.05, 0.1) is 11.7 Å². The van der Waals surface area contributed by atoms with E-state index in [1.807, 2.05) is 0 Å². The monoisotopic (exact) mass is 240 g/mol. The Bertz CT molecular complexity index is 356. The highest BCUT2D eigenvalue weighted by atomic mass is 35.5. The van der Waals surface area contributed by atoms with Crippen LogP contribution in [0.25, 0.3) is 0 Å². The lowest BCUT2D eigenvalue weighted by molar-refractivity contribution is -0.137. The topological polar surface area (TPSA) is 59.1 Å². The Balaban J connectivity index is 3.17. The van der Waals surface area contributed by atoms with E-state index in [0.717, 1.165) is 6.07 Å². The fourth-order valence-corrected chi connectivity index (χ4v) is 1.21. The predicted octanol–water partition coefficient (Wildman–Crippen LogP) is 1.75. The molecular formula is C8H8ClF3N2O. The maximum atomic E-state index is 12.3. The first-order valence-electron chi connectivity index (χ1n) is 3.97. The number of nitrogens with two attached hydrogens (primary N) is 1. The number of halogens is 4. The van der Waals surface area contributed by atoms with Gasteiger partial charge >= 0.3 is 6.18 Å². The number of rotatable bonds is 2. The molecule has 1 atom stereocenters. The van der Waals surface area contributed by atoms with Crippen molar-refractivity contribution in [2.75, 3.05) is 6.54 Å². The molecule has 0 radical (unpaired) electrons. The third kappa shape index (κ3) is 2.80. The van der Waals surface area contributed by atoms with Crippen LogP contribution in [0.2, 0.25) is 5.15 Å². The van der Waals surface area contributed by atoms with Crippen molar-refractivity contribution >= 4 is 11.6 Å². The Morgan fingerprint density at radius 1 is 1.53 bits per heavy atom. The summed E-state index contributed by atoms with van der Waals surface area (Å²) in [5.74, 6) is 0. The van der Waals surface area contributed by atoms with Gasteiger partial charge in [-0.2, -0.15) is 13.2 Å². The van der Waals surface area contributed by atoms with E-state index >= 15 is 0 Å². The fourth-order valence-electron chi connectivity index (χ4n) is 0.981. The van der Waals surface area contributed by atoms with E-state index in [0.29, 0.717) is 6.20 Å². The molecule has 0 spiro atoms. The zero-order valence-corrected chi connectivity index (χ0v) is 8.18. The second-order valence-electron chi connectivity index (χ2n) is 2.85. The summed E-state index contributed by atoms with van der Waals surface area (Å²) in [6.07, 6.45) is -5.15. The number of alkyl halides is 3. The van der Waals surface area contributed by atoms with Crippen LogP contribution in [0, 0.1) is 0 Å². The molecule has 0 amide bonds. The lowest BCUT2D eigenvalue weighted by Crippen LogP contribution is -2.14. The molecule has 0 aliphatic carbocycles. The minimum Gasteiger partial charge on any atom is -0.387 e. The van der Waals surface area contributed by atoms with Crippen molar-refractivity contribution in [2.24, 2.45) is 5.73 Å². The standard InChI is InChI=1S/C8H8ClF3N2O/c9-7-5(6(15)2-13)1-4(3-14-7)8(10,11)12/h1,3,6,15H,2,13H2/t6-/m0/s1. The van der Waals surface area contributed by atoms with Crippen molar-refractivity contribution in [3.63, 3.8) is 0 Å². The second-order valence-corrected chi connectivity index (χ2v) is 3.21. The van der Waals surface area contributed by atoms with Gasteiger partial charge in [0.15, 0.2) is 0 Å². The van der Waals surface area contributed by atoms with Crippen LogP contribution in [0.15, 0.2) is 12.3 Å². The molecule has 0 saturated carbocycles. The maximum Gasteiger partial charge on any atom is 0.417 e. The number of nitrogens with zero attached hydrogens (tertiary/aromatic N) is 1. The van der Waals surface area contributed by atoms with Gasteiger partial charge in [0.1, 0.15) is 5.15 Å². The fraction of sp³-hybridized carbons (Fsp3) is 0.375. The Kier molecular flexibility index (Phi) is 3.54. The first kappa shape index (κ1) is 12.2. The summed E-state index contributed by atoms with van der Waals surface area (Å²) in [6.45, 7) is -0.220. The number of aliphatic hydroxyl groups is 1. The van der Waals surface area contributed by atoms with Gasteiger partial charge in [0.25, 0.3) is 0 Å². The Morgan fingerprint density at radius 2 is 2.13 bits per heavy atom. The molecule has 1 rings (SSSR count). The lowest BCUT2D eigenvalue weighted by atomic mass is 10.1. The van der Waals surface area contributed by atoms with Crippen molar-refractivity contribution in [2.45, 2.75) is 12.3 Å². The zero-order chi connectivity index (χ0) is 11.6. The molecule has 3 N–H and O–H groups in total. The molecule has 0 saturated heterocycles. The van der Waals surface area contributed by atoms with Crippen LogP contribution in [0.4, 0.5) is 13.2 Å². The average Bonchev–Trinajstić information content (AvgIpc) is 2.15. The predicted molar refractivity (Wildman–Crippen MR) is 48.3 cm³/mol. The first-order valence-corrected chi connectivity index (χ1v) is 4.35. The molecule has 7 heteroatoms. The Hall–Kier alpha value is -0.850. The van der Waals surface area contributed by atoms with Crippen LogP contribution >= 0.6 is 11.6 Å². The van der Waals surface area contributed by atoms with Crippen LogP contribution < -0.4 is 5.73 Å². The largest absolute Gasteiger partial charge is 0.417 e. The van der Waals surface area contributed by atoms with Gasteiger partial charge in [0, 0.05) is 18.3 Å². The van der Waals surface area contributed by atoms with E-state index in [2.05, 4.69) is 4.98 Å². The Labute approximate surface area is 88.7 Å². The van der Waals surface area contributed by atoms with Crippen LogP contribution in [-0.2, 0) is 6.18 Å². The molecule has 1 heterocycles. The highest BCUT2D eigenvalue weighted by molar-refractivity contribution is 6.30. The van der Waals surface area contributed by atoms with E-state index in [1.54, 1.807) is 0 Å². The van der Waals surface area contributed by atoms with Gasteiger partial charge in [-0.1, -0.05) is 11.6 Å². The molecule has 0 aliphatic heterocycles. The van der Waals surface area contributed by atoms with Crippen molar-refractivity contribution in [3.05, 3.63) is 28.5 Å². The first-order chi connectivity index (χ1) is 6.86. The summed E-state index contributed by atoms with van der Waals surface area (Å²) in [5, 5.41) is 9.10. The number of pyridine rings is 1. The third-order valence-electron chi connectivity index (χ3n) is 1.78. The molecule has 3 nitrogen and oxygen atoms in total. The third-order valence-corrected chi connectivity index (χ3v) is 2.09. The molecule has 0 bridgehead atoms. The van der Waals surface area contributed by atoms with E-state index in [9.17, 15) is 18.3 Å². The van der Waals surface area contributed by atoms with Crippen molar-refractivity contribution < 1.29 is 18.3 Å². The maximum absolute atomic E-state index is 12.3. The number of hydrogen-bond acceptors (Lipinski definition) is 3.